The Balaban J connectivity index is 1.21. The third-order valence-electron chi connectivity index (χ3n) is 7.17. The minimum absolute atomic E-state index is 0.0612. The van der Waals surface area contributed by atoms with E-state index < -0.39 is 0 Å². The lowest BCUT2D eigenvalue weighted by atomic mass is 9.77. The van der Waals surface area contributed by atoms with Crippen molar-refractivity contribution in [2.24, 2.45) is 11.8 Å². The Bertz CT molecular complexity index is 1060. The fraction of sp³-hybridized carbons (Fsp3) is 0.522. The van der Waals surface area contributed by atoms with Crippen LogP contribution in [0, 0.1) is 25.7 Å². The van der Waals surface area contributed by atoms with Crippen LogP contribution >= 0.6 is 0 Å². The third-order valence-corrected chi connectivity index (χ3v) is 7.17. The van der Waals surface area contributed by atoms with Gasteiger partial charge in [0.05, 0.1) is 29.5 Å². The normalized spacial score (nSPS) is 26.3. The van der Waals surface area contributed by atoms with Crippen LogP contribution in [0.15, 0.2) is 30.9 Å². The summed E-state index contributed by atoms with van der Waals surface area (Å²) >= 11 is 0. The number of amides is 1. The number of carbonyl (C=O) groups is 1. The van der Waals surface area contributed by atoms with Crippen LogP contribution in [0.5, 0.6) is 0 Å². The third kappa shape index (κ3) is 3.41. The van der Waals surface area contributed by atoms with E-state index in [2.05, 4.69) is 35.9 Å². The Morgan fingerprint density at radius 3 is 2.80 bits per heavy atom. The molecule has 2 N–H and O–H groups in total. The highest BCUT2D eigenvalue weighted by atomic mass is 16.3. The van der Waals surface area contributed by atoms with Gasteiger partial charge in [0.25, 0.3) is 0 Å². The van der Waals surface area contributed by atoms with Crippen LogP contribution < -0.4 is 0 Å². The molecule has 3 aromatic rings. The highest BCUT2D eigenvalue weighted by molar-refractivity contribution is 5.80. The van der Waals surface area contributed by atoms with Crippen molar-refractivity contribution in [1.82, 2.24) is 24.4 Å². The van der Waals surface area contributed by atoms with Crippen LogP contribution in [0.25, 0.3) is 11.0 Å². The number of hydrogen-bond acceptors (Lipinski definition) is 4. The quantitative estimate of drug-likeness (QED) is 0.696. The summed E-state index contributed by atoms with van der Waals surface area (Å²) in [7, 11) is 0. The lowest BCUT2D eigenvalue weighted by Gasteiger charge is -2.35. The number of fused-ring (bicyclic) bond motifs is 2. The molecule has 0 unspecified atom stereocenters. The van der Waals surface area contributed by atoms with E-state index >= 15 is 0 Å². The van der Waals surface area contributed by atoms with Crippen LogP contribution in [0.1, 0.15) is 42.3 Å². The van der Waals surface area contributed by atoms with Gasteiger partial charge in [0.1, 0.15) is 5.82 Å². The lowest BCUT2D eigenvalue weighted by Crippen LogP contribution is -2.35. The number of aliphatic hydroxyl groups is 1. The Labute approximate surface area is 176 Å². The lowest BCUT2D eigenvalue weighted by molar-refractivity contribution is -0.130. The van der Waals surface area contributed by atoms with Crippen molar-refractivity contribution in [2.45, 2.75) is 51.7 Å². The number of H-pyrrole nitrogens is 1. The van der Waals surface area contributed by atoms with Crippen LogP contribution in [0.4, 0.5) is 0 Å². The zero-order chi connectivity index (χ0) is 20.8. The monoisotopic (exact) mass is 407 g/mol. The van der Waals surface area contributed by atoms with Gasteiger partial charge in [-0.3, -0.25) is 4.79 Å². The maximum absolute atomic E-state index is 12.9. The maximum Gasteiger partial charge on any atom is 0.223 e. The van der Waals surface area contributed by atoms with Crippen molar-refractivity contribution in [3.8, 4) is 0 Å². The highest BCUT2D eigenvalue weighted by Crippen LogP contribution is 2.41. The van der Waals surface area contributed by atoms with E-state index in [1.165, 1.54) is 11.1 Å². The average molecular weight is 408 g/mol. The second-order valence-electron chi connectivity index (χ2n) is 9.02. The van der Waals surface area contributed by atoms with E-state index in [-0.39, 0.29) is 18.1 Å². The first-order valence-electron chi connectivity index (χ1n) is 10.9. The zero-order valence-electron chi connectivity index (χ0n) is 17.6. The summed E-state index contributed by atoms with van der Waals surface area (Å²) in [6.45, 7) is 5.73. The Hall–Kier alpha value is -2.67. The topological polar surface area (TPSA) is 87.0 Å². The molecule has 30 heavy (non-hydrogen) atoms. The molecule has 158 valence electrons. The van der Waals surface area contributed by atoms with Crippen LogP contribution in [0.2, 0.25) is 0 Å². The molecule has 4 atom stereocenters. The molecule has 1 aromatic carbocycles. The van der Waals surface area contributed by atoms with Crippen LogP contribution in [-0.4, -0.2) is 54.6 Å². The zero-order valence-corrected chi connectivity index (χ0v) is 17.6. The molecule has 2 fully saturated rings. The first-order chi connectivity index (χ1) is 14.5. The van der Waals surface area contributed by atoms with E-state index in [1.807, 2.05) is 15.7 Å². The van der Waals surface area contributed by atoms with E-state index in [0.29, 0.717) is 24.7 Å². The van der Waals surface area contributed by atoms with Gasteiger partial charge >= 0.3 is 0 Å². The van der Waals surface area contributed by atoms with Crippen molar-refractivity contribution < 1.29 is 9.90 Å². The summed E-state index contributed by atoms with van der Waals surface area (Å²) in [4.78, 5) is 27.1. The molecule has 0 bridgehead atoms. The number of aliphatic hydroxyl groups excluding tert-OH is 1. The number of benzene rings is 1. The van der Waals surface area contributed by atoms with Gasteiger partial charge in [0, 0.05) is 38.3 Å². The maximum atomic E-state index is 12.9. The van der Waals surface area contributed by atoms with E-state index in [0.717, 1.165) is 42.8 Å². The fourth-order valence-corrected chi connectivity index (χ4v) is 5.26. The van der Waals surface area contributed by atoms with E-state index in [4.69, 9.17) is 4.98 Å². The summed E-state index contributed by atoms with van der Waals surface area (Å²) in [5.41, 5.74) is 4.46. The predicted octanol–water partition coefficient (Wildman–Crippen LogP) is 2.78. The van der Waals surface area contributed by atoms with Gasteiger partial charge in [-0.1, -0.05) is 6.07 Å². The van der Waals surface area contributed by atoms with E-state index in [1.54, 1.807) is 12.5 Å². The largest absolute Gasteiger partial charge is 0.391 e. The molecule has 1 amide bonds. The number of aromatic amines is 1. The molecule has 2 aliphatic rings. The number of carbonyl (C=O) groups excluding carboxylic acids is 1. The molecule has 1 aliphatic carbocycles. The summed E-state index contributed by atoms with van der Waals surface area (Å²) in [5, 5.41) is 10.6. The molecular weight excluding hydrogens is 378 g/mol. The molecule has 1 saturated carbocycles. The van der Waals surface area contributed by atoms with Gasteiger partial charge in [-0.05, 0) is 55.7 Å². The van der Waals surface area contributed by atoms with Crippen LogP contribution in [0.3, 0.4) is 0 Å². The highest BCUT2D eigenvalue weighted by Gasteiger charge is 2.43. The summed E-state index contributed by atoms with van der Waals surface area (Å²) < 4.78 is 2.01. The standard InChI is InChI=1S/C23H29N5O2/c1-14-3-4-18-23(15(14)2)26-21(25-18)5-6-22(30)28-11-16-9-19(27-8-7-24-13-27)20(29)10-17(16)12-28/h3-4,7-8,13,16-17,19-20,29H,5-6,9-12H2,1-2H3,(H,25,26)/t16-,17+,19-,20-/m1/s1. The molecule has 1 aliphatic heterocycles. The number of imidazole rings is 2. The minimum Gasteiger partial charge on any atom is -0.391 e. The molecular formula is C23H29N5O2. The first-order valence-corrected chi connectivity index (χ1v) is 10.9. The predicted molar refractivity (Wildman–Crippen MR) is 114 cm³/mol. The summed E-state index contributed by atoms with van der Waals surface area (Å²) in [6, 6.07) is 4.22. The van der Waals surface area contributed by atoms with Crippen molar-refractivity contribution in [3.05, 3.63) is 47.8 Å². The second-order valence-corrected chi connectivity index (χ2v) is 9.02. The molecule has 5 rings (SSSR count). The molecule has 0 radical (unpaired) electrons. The van der Waals surface area contributed by atoms with Gasteiger partial charge in [-0.25, -0.2) is 9.97 Å². The number of hydrogen-bond donors (Lipinski definition) is 2. The van der Waals surface area contributed by atoms with Gasteiger partial charge in [0.15, 0.2) is 0 Å². The summed E-state index contributed by atoms with van der Waals surface area (Å²) in [6.07, 6.45) is 7.81. The van der Waals surface area contributed by atoms with Crippen molar-refractivity contribution in [3.63, 3.8) is 0 Å². The smallest absolute Gasteiger partial charge is 0.223 e. The number of aryl methyl sites for hydroxylation is 3. The fourth-order valence-electron chi connectivity index (χ4n) is 5.26. The minimum atomic E-state index is -0.377. The first kappa shape index (κ1) is 19.3. The van der Waals surface area contributed by atoms with E-state index in [9.17, 15) is 9.90 Å². The second kappa shape index (κ2) is 7.54. The molecule has 3 heterocycles. The van der Waals surface area contributed by atoms with Crippen molar-refractivity contribution in [1.29, 1.82) is 0 Å². The number of nitrogens with zero attached hydrogens (tertiary/aromatic N) is 4. The molecule has 7 nitrogen and oxygen atoms in total. The van der Waals surface area contributed by atoms with Crippen molar-refractivity contribution in [2.75, 3.05) is 13.1 Å². The van der Waals surface area contributed by atoms with Gasteiger partial charge in [0.2, 0.25) is 5.91 Å². The SMILES string of the molecule is Cc1ccc2[nH]c(CCC(=O)N3C[C@H]4C[C@@H](n5ccnc5)[C@H](O)C[C@H]4C3)nc2c1C. The number of likely N-dealkylation sites (tertiary alicyclic amines) is 1. The van der Waals surface area contributed by atoms with Gasteiger partial charge in [-0.15, -0.1) is 0 Å². The molecule has 0 spiro atoms. The Morgan fingerprint density at radius 1 is 1.23 bits per heavy atom. The number of rotatable bonds is 4. The van der Waals surface area contributed by atoms with Crippen molar-refractivity contribution >= 4 is 16.9 Å². The average Bonchev–Trinajstić information content (AvgIpc) is 3.47. The number of nitrogens with one attached hydrogen (secondary N) is 1. The Kier molecular flexibility index (Phi) is 4.85. The van der Waals surface area contributed by atoms with Crippen LogP contribution in [-0.2, 0) is 11.2 Å². The molecule has 2 aromatic heterocycles. The Morgan fingerprint density at radius 2 is 2.03 bits per heavy atom. The molecule has 7 heteroatoms. The van der Waals surface area contributed by atoms with Gasteiger partial charge in [-0.2, -0.15) is 0 Å². The van der Waals surface area contributed by atoms with Gasteiger partial charge < -0.3 is 19.6 Å². The number of aromatic nitrogens is 4. The molecule has 1 saturated heterocycles. The summed E-state index contributed by atoms with van der Waals surface area (Å²) in [5.74, 6) is 1.90.